The number of para-hydroxylation sites is 1. The third kappa shape index (κ3) is 4.49. The minimum atomic E-state index is -1.03. The molecular weight excluding hydrogens is 358 g/mol. The number of carbonyl (C=O) groups excluding carboxylic acids is 2. The lowest BCUT2D eigenvalue weighted by Gasteiger charge is -2.26. The van der Waals surface area contributed by atoms with Gasteiger partial charge < -0.3 is 20.6 Å². The van der Waals surface area contributed by atoms with Crippen molar-refractivity contribution in [1.29, 1.82) is 0 Å². The standard InChI is InChI=1S/C21H23N3O4/c1-13-8-9-15(19(25)24(17-10-11-17)14(2)20(26)27)12-18(13)23-21(28)22-16-6-4-3-5-7-16/h3-9,12,14,17H,10-11H2,1-2H3,(H,26,27)(H2,22,23,28). The Kier molecular flexibility index (Phi) is 5.63. The quantitative estimate of drug-likeness (QED) is 0.710. The summed E-state index contributed by atoms with van der Waals surface area (Å²) in [5, 5.41) is 14.8. The molecule has 0 bridgehead atoms. The Morgan fingerprint density at radius 3 is 2.36 bits per heavy atom. The van der Waals surface area contributed by atoms with E-state index < -0.39 is 18.0 Å². The largest absolute Gasteiger partial charge is 0.480 e. The summed E-state index contributed by atoms with van der Waals surface area (Å²) in [6.07, 6.45) is 1.61. The van der Waals surface area contributed by atoms with Crippen LogP contribution < -0.4 is 10.6 Å². The molecule has 7 heteroatoms. The highest BCUT2D eigenvalue weighted by atomic mass is 16.4. The Morgan fingerprint density at radius 2 is 1.75 bits per heavy atom. The van der Waals surface area contributed by atoms with Crippen molar-refractivity contribution in [3.63, 3.8) is 0 Å². The maximum atomic E-state index is 12.9. The van der Waals surface area contributed by atoms with Gasteiger partial charge in [0.15, 0.2) is 0 Å². The Hall–Kier alpha value is -3.35. The minimum Gasteiger partial charge on any atom is -0.480 e. The van der Waals surface area contributed by atoms with Crippen molar-refractivity contribution in [3.05, 3.63) is 59.7 Å². The maximum absolute atomic E-state index is 12.9. The van der Waals surface area contributed by atoms with Gasteiger partial charge in [0.2, 0.25) is 0 Å². The van der Waals surface area contributed by atoms with E-state index in [9.17, 15) is 19.5 Å². The number of aryl methyl sites for hydroxylation is 1. The van der Waals surface area contributed by atoms with Crippen LogP contribution >= 0.6 is 0 Å². The van der Waals surface area contributed by atoms with Crippen LogP contribution in [0.4, 0.5) is 16.2 Å². The summed E-state index contributed by atoms with van der Waals surface area (Å²) in [6, 6.07) is 12.6. The number of carboxylic acids is 1. The predicted octanol–water partition coefficient (Wildman–Crippen LogP) is 3.72. The second kappa shape index (κ2) is 8.12. The summed E-state index contributed by atoms with van der Waals surface area (Å²) >= 11 is 0. The van der Waals surface area contributed by atoms with Crippen LogP contribution in [0.15, 0.2) is 48.5 Å². The number of nitrogens with one attached hydrogen (secondary N) is 2. The number of carbonyl (C=O) groups is 3. The smallest absolute Gasteiger partial charge is 0.326 e. The van der Waals surface area contributed by atoms with E-state index >= 15 is 0 Å². The number of carboxylic acid groups (broad SMARTS) is 1. The number of amides is 3. The molecule has 1 atom stereocenters. The number of nitrogens with zero attached hydrogens (tertiary/aromatic N) is 1. The molecule has 0 saturated heterocycles. The normalized spacial score (nSPS) is 14.1. The molecule has 1 fully saturated rings. The van der Waals surface area contributed by atoms with E-state index in [4.69, 9.17) is 0 Å². The van der Waals surface area contributed by atoms with Gasteiger partial charge in [0.25, 0.3) is 5.91 Å². The first kappa shape index (κ1) is 19.4. The fraction of sp³-hybridized carbons (Fsp3) is 0.286. The zero-order valence-electron chi connectivity index (χ0n) is 15.8. The van der Waals surface area contributed by atoms with Crippen molar-refractivity contribution >= 4 is 29.3 Å². The van der Waals surface area contributed by atoms with Gasteiger partial charge in [0.05, 0.1) is 0 Å². The van der Waals surface area contributed by atoms with Gasteiger partial charge in [-0.2, -0.15) is 0 Å². The van der Waals surface area contributed by atoms with Crippen LogP contribution in [0, 0.1) is 6.92 Å². The number of benzene rings is 2. The van der Waals surface area contributed by atoms with Crippen molar-refractivity contribution in [1.82, 2.24) is 4.90 Å². The highest BCUT2D eigenvalue weighted by Gasteiger charge is 2.38. The molecule has 0 radical (unpaired) electrons. The average molecular weight is 381 g/mol. The molecule has 0 aromatic heterocycles. The number of urea groups is 1. The zero-order chi connectivity index (χ0) is 20.3. The maximum Gasteiger partial charge on any atom is 0.326 e. The van der Waals surface area contributed by atoms with Gasteiger partial charge in [-0.05, 0) is 56.5 Å². The molecule has 1 aliphatic carbocycles. The lowest BCUT2D eigenvalue weighted by atomic mass is 10.1. The molecule has 1 saturated carbocycles. The lowest BCUT2D eigenvalue weighted by molar-refractivity contribution is -0.141. The van der Waals surface area contributed by atoms with Gasteiger partial charge in [0.1, 0.15) is 6.04 Å². The molecule has 0 spiro atoms. The van der Waals surface area contributed by atoms with Gasteiger partial charge in [-0.15, -0.1) is 0 Å². The minimum absolute atomic E-state index is 0.0438. The van der Waals surface area contributed by atoms with Crippen LogP contribution in [0.1, 0.15) is 35.7 Å². The molecule has 2 aromatic carbocycles. The van der Waals surface area contributed by atoms with E-state index in [-0.39, 0.29) is 11.9 Å². The van der Waals surface area contributed by atoms with Gasteiger partial charge in [-0.25, -0.2) is 9.59 Å². The van der Waals surface area contributed by atoms with E-state index in [1.165, 1.54) is 11.8 Å². The number of rotatable bonds is 6. The first-order valence-corrected chi connectivity index (χ1v) is 9.16. The molecule has 3 amide bonds. The van der Waals surface area contributed by atoms with E-state index in [1.807, 2.05) is 25.1 Å². The van der Waals surface area contributed by atoms with Crippen LogP contribution in [0.25, 0.3) is 0 Å². The Morgan fingerprint density at radius 1 is 1.07 bits per heavy atom. The SMILES string of the molecule is Cc1ccc(C(=O)N(C2CC2)C(C)C(=O)O)cc1NC(=O)Nc1ccccc1. The molecule has 28 heavy (non-hydrogen) atoms. The van der Waals surface area contributed by atoms with Crippen molar-refractivity contribution in [3.8, 4) is 0 Å². The van der Waals surface area contributed by atoms with Crippen molar-refractivity contribution in [2.75, 3.05) is 10.6 Å². The molecule has 3 rings (SSSR count). The molecule has 1 aliphatic rings. The topological polar surface area (TPSA) is 98.7 Å². The third-order valence-corrected chi connectivity index (χ3v) is 4.71. The molecule has 0 heterocycles. The summed E-state index contributed by atoms with van der Waals surface area (Å²) in [4.78, 5) is 38.0. The van der Waals surface area contributed by atoms with E-state index in [0.29, 0.717) is 16.9 Å². The van der Waals surface area contributed by atoms with Crippen LogP contribution in [0.2, 0.25) is 0 Å². The van der Waals surface area contributed by atoms with Crippen LogP contribution in [-0.4, -0.2) is 40.0 Å². The molecule has 3 N–H and O–H groups in total. The molecule has 146 valence electrons. The first-order chi connectivity index (χ1) is 13.4. The number of hydrogen-bond donors (Lipinski definition) is 3. The summed E-state index contributed by atoms with van der Waals surface area (Å²) in [5.74, 6) is -1.38. The van der Waals surface area contributed by atoms with Crippen molar-refractivity contribution in [2.24, 2.45) is 0 Å². The second-order valence-electron chi connectivity index (χ2n) is 6.93. The molecule has 7 nitrogen and oxygen atoms in total. The first-order valence-electron chi connectivity index (χ1n) is 9.16. The van der Waals surface area contributed by atoms with Crippen LogP contribution in [-0.2, 0) is 4.79 Å². The fourth-order valence-corrected chi connectivity index (χ4v) is 2.97. The third-order valence-electron chi connectivity index (χ3n) is 4.71. The predicted molar refractivity (Wildman–Crippen MR) is 107 cm³/mol. The monoisotopic (exact) mass is 381 g/mol. The zero-order valence-corrected chi connectivity index (χ0v) is 15.8. The van der Waals surface area contributed by atoms with E-state index in [2.05, 4.69) is 10.6 Å². The average Bonchev–Trinajstić information content (AvgIpc) is 3.49. The fourth-order valence-electron chi connectivity index (χ4n) is 2.97. The summed E-state index contributed by atoms with van der Waals surface area (Å²) in [6.45, 7) is 3.34. The molecule has 0 aliphatic heterocycles. The Bertz CT molecular complexity index is 894. The Labute approximate surface area is 163 Å². The highest BCUT2D eigenvalue weighted by Crippen LogP contribution is 2.31. The van der Waals surface area contributed by atoms with Gasteiger partial charge in [-0.3, -0.25) is 4.79 Å². The van der Waals surface area contributed by atoms with Gasteiger partial charge in [-0.1, -0.05) is 24.3 Å². The number of aliphatic carboxylic acids is 1. The van der Waals surface area contributed by atoms with E-state index in [0.717, 1.165) is 18.4 Å². The molecule has 1 unspecified atom stereocenters. The van der Waals surface area contributed by atoms with Crippen LogP contribution in [0.3, 0.4) is 0 Å². The second-order valence-corrected chi connectivity index (χ2v) is 6.93. The Balaban J connectivity index is 1.77. The van der Waals surface area contributed by atoms with Gasteiger partial charge in [0, 0.05) is 23.0 Å². The molecule has 2 aromatic rings. The summed E-state index contributed by atoms with van der Waals surface area (Å²) in [7, 11) is 0. The molecular formula is C21H23N3O4. The number of hydrogen-bond acceptors (Lipinski definition) is 3. The van der Waals surface area contributed by atoms with Crippen LogP contribution in [0.5, 0.6) is 0 Å². The summed E-state index contributed by atoms with van der Waals surface area (Å²) < 4.78 is 0. The lowest BCUT2D eigenvalue weighted by Crippen LogP contribution is -2.44. The van der Waals surface area contributed by atoms with Crippen molar-refractivity contribution < 1.29 is 19.5 Å². The number of anilines is 2. The summed E-state index contributed by atoms with van der Waals surface area (Å²) in [5.41, 5.74) is 2.29. The van der Waals surface area contributed by atoms with Gasteiger partial charge >= 0.3 is 12.0 Å². The van der Waals surface area contributed by atoms with E-state index in [1.54, 1.807) is 30.3 Å². The highest BCUT2D eigenvalue weighted by molar-refractivity contribution is 6.02. The van der Waals surface area contributed by atoms with Crippen molar-refractivity contribution in [2.45, 2.75) is 38.8 Å².